The van der Waals surface area contributed by atoms with Crippen molar-refractivity contribution in [2.45, 2.75) is 51.3 Å². The van der Waals surface area contributed by atoms with Gasteiger partial charge in [-0.25, -0.2) is 0 Å². The minimum atomic E-state index is -0.0227. The third-order valence-electron chi connectivity index (χ3n) is 5.24. The van der Waals surface area contributed by atoms with Crippen molar-refractivity contribution < 1.29 is 9.47 Å². The van der Waals surface area contributed by atoms with E-state index in [1.54, 1.807) is 0 Å². The first kappa shape index (κ1) is 17.9. The lowest BCUT2D eigenvalue weighted by atomic mass is 9.92. The van der Waals surface area contributed by atoms with Crippen molar-refractivity contribution >= 4 is 0 Å². The number of hydrogen-bond acceptors (Lipinski definition) is 4. The van der Waals surface area contributed by atoms with E-state index in [4.69, 9.17) is 9.47 Å². The molecule has 2 heterocycles. The van der Waals surface area contributed by atoms with Gasteiger partial charge in [-0.05, 0) is 44.7 Å². The monoisotopic (exact) mass is 332 g/mol. The van der Waals surface area contributed by atoms with Crippen LogP contribution >= 0.6 is 0 Å². The van der Waals surface area contributed by atoms with Gasteiger partial charge in [0.15, 0.2) is 0 Å². The van der Waals surface area contributed by atoms with Gasteiger partial charge in [-0.1, -0.05) is 24.3 Å². The van der Waals surface area contributed by atoms with E-state index in [0.717, 1.165) is 52.3 Å². The molecule has 0 aliphatic carbocycles. The van der Waals surface area contributed by atoms with E-state index in [-0.39, 0.29) is 5.60 Å². The van der Waals surface area contributed by atoms with Crippen LogP contribution in [0.1, 0.15) is 43.9 Å². The van der Waals surface area contributed by atoms with E-state index in [1.165, 1.54) is 11.1 Å². The molecule has 2 fully saturated rings. The molecule has 0 unspecified atom stereocenters. The van der Waals surface area contributed by atoms with E-state index >= 15 is 0 Å². The lowest BCUT2D eigenvalue weighted by molar-refractivity contribution is -0.0650. The molecule has 1 aromatic carbocycles. The zero-order valence-electron chi connectivity index (χ0n) is 15.4. The van der Waals surface area contributed by atoms with Crippen molar-refractivity contribution in [1.82, 2.24) is 10.2 Å². The van der Waals surface area contributed by atoms with Crippen molar-refractivity contribution in [2.75, 3.05) is 39.5 Å². The molecule has 0 saturated carbocycles. The molecule has 3 rings (SSSR count). The highest BCUT2D eigenvalue weighted by molar-refractivity contribution is 5.29. The first-order valence-corrected chi connectivity index (χ1v) is 9.29. The highest BCUT2D eigenvalue weighted by Gasteiger charge is 2.31. The van der Waals surface area contributed by atoms with Crippen LogP contribution in [0.25, 0.3) is 0 Å². The zero-order valence-corrected chi connectivity index (χ0v) is 15.4. The first-order chi connectivity index (χ1) is 11.5. The Kier molecular flexibility index (Phi) is 5.93. The van der Waals surface area contributed by atoms with Crippen LogP contribution in [0.2, 0.25) is 0 Å². The van der Waals surface area contributed by atoms with Crippen LogP contribution in [0.4, 0.5) is 0 Å². The number of nitrogens with one attached hydrogen (secondary N) is 1. The van der Waals surface area contributed by atoms with E-state index in [0.29, 0.717) is 12.1 Å². The molecule has 0 spiro atoms. The van der Waals surface area contributed by atoms with Gasteiger partial charge < -0.3 is 14.8 Å². The largest absolute Gasteiger partial charge is 0.379 e. The Morgan fingerprint density at radius 3 is 2.67 bits per heavy atom. The SMILES string of the molecule is Cc1ccccc1[C@@H](CN1CCOCC1)N[C@H]1CCOC(C)(C)C1. The third-order valence-corrected chi connectivity index (χ3v) is 5.24. The van der Waals surface area contributed by atoms with Gasteiger partial charge in [0, 0.05) is 38.3 Å². The third kappa shape index (κ3) is 4.79. The molecular weight excluding hydrogens is 300 g/mol. The number of nitrogens with zero attached hydrogens (tertiary/aromatic N) is 1. The van der Waals surface area contributed by atoms with E-state index in [9.17, 15) is 0 Å². The molecule has 1 aromatic rings. The quantitative estimate of drug-likeness (QED) is 0.899. The summed E-state index contributed by atoms with van der Waals surface area (Å²) in [6.07, 6.45) is 2.16. The summed E-state index contributed by atoms with van der Waals surface area (Å²) < 4.78 is 11.4. The fraction of sp³-hybridized carbons (Fsp3) is 0.700. The Morgan fingerprint density at radius 1 is 1.21 bits per heavy atom. The second-order valence-electron chi connectivity index (χ2n) is 7.79. The average Bonchev–Trinajstić information content (AvgIpc) is 2.55. The molecule has 4 heteroatoms. The summed E-state index contributed by atoms with van der Waals surface area (Å²) in [5.41, 5.74) is 2.77. The predicted molar refractivity (Wildman–Crippen MR) is 97.4 cm³/mol. The molecule has 0 amide bonds. The number of ether oxygens (including phenoxy) is 2. The second-order valence-corrected chi connectivity index (χ2v) is 7.79. The summed E-state index contributed by atoms with van der Waals surface area (Å²) in [5.74, 6) is 0. The molecule has 0 bridgehead atoms. The van der Waals surface area contributed by atoms with Gasteiger partial charge in [0.2, 0.25) is 0 Å². The molecule has 0 aromatic heterocycles. The molecule has 0 radical (unpaired) electrons. The topological polar surface area (TPSA) is 33.7 Å². The molecule has 2 saturated heterocycles. The summed E-state index contributed by atoms with van der Waals surface area (Å²) in [7, 11) is 0. The summed E-state index contributed by atoms with van der Waals surface area (Å²) in [6.45, 7) is 12.3. The van der Waals surface area contributed by atoms with E-state index in [2.05, 4.69) is 55.3 Å². The van der Waals surface area contributed by atoms with E-state index < -0.39 is 0 Å². The second kappa shape index (κ2) is 7.96. The Bertz CT molecular complexity index is 526. The van der Waals surface area contributed by atoms with Gasteiger partial charge in [0.25, 0.3) is 0 Å². The Morgan fingerprint density at radius 2 is 1.96 bits per heavy atom. The number of morpholine rings is 1. The Labute approximate surface area is 146 Å². The number of hydrogen-bond donors (Lipinski definition) is 1. The van der Waals surface area contributed by atoms with Crippen molar-refractivity contribution in [3.8, 4) is 0 Å². The average molecular weight is 332 g/mol. The zero-order chi connectivity index (χ0) is 17.0. The van der Waals surface area contributed by atoms with Crippen molar-refractivity contribution in [1.29, 1.82) is 0 Å². The molecule has 2 aliphatic rings. The highest BCUT2D eigenvalue weighted by Crippen LogP contribution is 2.27. The van der Waals surface area contributed by atoms with Crippen molar-refractivity contribution in [3.63, 3.8) is 0 Å². The van der Waals surface area contributed by atoms with Crippen molar-refractivity contribution in [3.05, 3.63) is 35.4 Å². The number of benzene rings is 1. The Balaban J connectivity index is 1.72. The normalized spacial score (nSPS) is 26.2. The predicted octanol–water partition coefficient (Wildman–Crippen LogP) is 2.92. The van der Waals surface area contributed by atoms with Crippen LogP contribution in [0.15, 0.2) is 24.3 Å². The van der Waals surface area contributed by atoms with Crippen LogP contribution in [-0.4, -0.2) is 56.0 Å². The van der Waals surface area contributed by atoms with Gasteiger partial charge in [0.1, 0.15) is 0 Å². The minimum Gasteiger partial charge on any atom is -0.379 e. The number of aryl methyl sites for hydroxylation is 1. The lowest BCUT2D eigenvalue weighted by Crippen LogP contribution is -2.48. The van der Waals surface area contributed by atoms with Crippen LogP contribution in [0, 0.1) is 6.92 Å². The smallest absolute Gasteiger partial charge is 0.0641 e. The van der Waals surface area contributed by atoms with Gasteiger partial charge in [0.05, 0.1) is 18.8 Å². The molecule has 2 aliphatic heterocycles. The summed E-state index contributed by atoms with van der Waals surface area (Å²) in [4.78, 5) is 2.53. The molecule has 24 heavy (non-hydrogen) atoms. The molecule has 4 nitrogen and oxygen atoms in total. The molecular formula is C20H32N2O2. The highest BCUT2D eigenvalue weighted by atomic mass is 16.5. The maximum absolute atomic E-state index is 5.89. The summed E-state index contributed by atoms with van der Waals surface area (Å²) in [5, 5.41) is 3.95. The van der Waals surface area contributed by atoms with Gasteiger partial charge in [-0.2, -0.15) is 0 Å². The molecule has 134 valence electrons. The van der Waals surface area contributed by atoms with Gasteiger partial charge in [-0.3, -0.25) is 4.90 Å². The maximum Gasteiger partial charge on any atom is 0.0641 e. The van der Waals surface area contributed by atoms with Gasteiger partial charge in [-0.15, -0.1) is 0 Å². The van der Waals surface area contributed by atoms with Crippen LogP contribution < -0.4 is 5.32 Å². The summed E-state index contributed by atoms with van der Waals surface area (Å²) in [6, 6.07) is 9.66. The lowest BCUT2D eigenvalue weighted by Gasteiger charge is -2.39. The van der Waals surface area contributed by atoms with Crippen LogP contribution in [0.5, 0.6) is 0 Å². The number of rotatable bonds is 5. The van der Waals surface area contributed by atoms with E-state index in [1.807, 2.05) is 0 Å². The van der Waals surface area contributed by atoms with Crippen LogP contribution in [0.3, 0.4) is 0 Å². The standard InChI is InChI=1S/C20H32N2O2/c1-16-6-4-5-7-18(16)19(15-22-9-12-23-13-10-22)21-17-8-11-24-20(2,3)14-17/h4-7,17,19,21H,8-15H2,1-3H3/t17-,19+/m0/s1. The van der Waals surface area contributed by atoms with Gasteiger partial charge >= 0.3 is 0 Å². The molecule has 1 N–H and O–H groups in total. The first-order valence-electron chi connectivity index (χ1n) is 9.29. The van der Waals surface area contributed by atoms with Crippen molar-refractivity contribution in [2.24, 2.45) is 0 Å². The Hall–Kier alpha value is -0.940. The minimum absolute atomic E-state index is 0.0227. The fourth-order valence-electron chi connectivity index (χ4n) is 3.92. The fourth-order valence-corrected chi connectivity index (χ4v) is 3.92. The maximum atomic E-state index is 5.89. The van der Waals surface area contributed by atoms with Crippen LogP contribution in [-0.2, 0) is 9.47 Å². The molecule has 2 atom stereocenters. The summed E-state index contributed by atoms with van der Waals surface area (Å²) >= 11 is 0.